The van der Waals surface area contributed by atoms with E-state index in [-0.39, 0.29) is 0 Å². The van der Waals surface area contributed by atoms with Gasteiger partial charge >= 0.3 is 0 Å². The second-order valence-electron chi connectivity index (χ2n) is 3.94. The fourth-order valence-corrected chi connectivity index (χ4v) is 5.24. The molecule has 2 nitrogen and oxygen atoms in total. The topological polar surface area (TPSA) is 28.7 Å². The first-order valence-corrected chi connectivity index (χ1v) is 8.95. The third-order valence-electron chi connectivity index (χ3n) is 2.76. The molecule has 94 valence electrons. The molecule has 1 aromatic rings. The van der Waals surface area contributed by atoms with Crippen LogP contribution in [-0.4, -0.2) is 26.7 Å². The molecule has 2 unspecified atom stereocenters. The van der Waals surface area contributed by atoms with Crippen molar-refractivity contribution in [2.75, 3.05) is 11.5 Å². The third kappa shape index (κ3) is 3.08. The Balaban J connectivity index is 2.38. The van der Waals surface area contributed by atoms with Gasteiger partial charge in [0.05, 0.1) is 9.72 Å². The molecule has 1 aromatic heterocycles. The molecule has 1 saturated heterocycles. The van der Waals surface area contributed by atoms with Gasteiger partial charge in [0, 0.05) is 22.4 Å². The SMILES string of the molecule is CCc1[nH]c(C2SCCSC2C)nc(=S)c1Br. The van der Waals surface area contributed by atoms with Crippen molar-refractivity contribution < 1.29 is 0 Å². The van der Waals surface area contributed by atoms with Crippen molar-refractivity contribution in [2.45, 2.75) is 30.8 Å². The standard InChI is InChI=1S/C11H15BrN2S3/c1-3-7-8(12)11(15)14-10(13-7)9-6(2)16-4-5-17-9/h6,9H,3-5H2,1-2H3,(H,13,14,15). The summed E-state index contributed by atoms with van der Waals surface area (Å²) >= 11 is 12.8. The molecule has 0 spiro atoms. The van der Waals surface area contributed by atoms with Crippen molar-refractivity contribution in [2.24, 2.45) is 0 Å². The first-order valence-electron chi connectivity index (χ1n) is 5.65. The number of halogens is 1. The zero-order valence-electron chi connectivity index (χ0n) is 9.83. The molecule has 0 radical (unpaired) electrons. The molecule has 2 rings (SSSR count). The average molecular weight is 351 g/mol. The van der Waals surface area contributed by atoms with Crippen LogP contribution in [0.4, 0.5) is 0 Å². The summed E-state index contributed by atoms with van der Waals surface area (Å²) in [6.07, 6.45) is 0.943. The zero-order valence-corrected chi connectivity index (χ0v) is 13.9. The van der Waals surface area contributed by atoms with E-state index in [1.165, 1.54) is 11.5 Å². The molecule has 0 amide bonds. The van der Waals surface area contributed by atoms with Gasteiger partial charge in [0.2, 0.25) is 0 Å². The van der Waals surface area contributed by atoms with E-state index in [2.05, 4.69) is 39.7 Å². The number of aromatic amines is 1. The van der Waals surface area contributed by atoms with Gasteiger partial charge in [0.1, 0.15) is 10.5 Å². The maximum atomic E-state index is 5.31. The fourth-order valence-electron chi connectivity index (χ4n) is 1.84. The van der Waals surface area contributed by atoms with Crippen LogP contribution in [-0.2, 0) is 6.42 Å². The minimum atomic E-state index is 0.439. The first-order chi connectivity index (χ1) is 8.13. The van der Waals surface area contributed by atoms with Crippen LogP contribution in [0.5, 0.6) is 0 Å². The van der Waals surface area contributed by atoms with Crippen LogP contribution in [0.2, 0.25) is 0 Å². The monoisotopic (exact) mass is 350 g/mol. The maximum Gasteiger partial charge on any atom is 0.144 e. The largest absolute Gasteiger partial charge is 0.345 e. The molecule has 1 N–H and O–H groups in total. The lowest BCUT2D eigenvalue weighted by Gasteiger charge is -2.27. The predicted octanol–water partition coefficient (Wildman–Crippen LogP) is 4.37. The van der Waals surface area contributed by atoms with E-state index >= 15 is 0 Å². The molecule has 6 heteroatoms. The van der Waals surface area contributed by atoms with Gasteiger partial charge in [-0.1, -0.05) is 26.1 Å². The first kappa shape index (κ1) is 13.9. The summed E-state index contributed by atoms with van der Waals surface area (Å²) < 4.78 is 1.62. The molecular formula is C11H15BrN2S3. The van der Waals surface area contributed by atoms with E-state index in [1.54, 1.807) is 0 Å². The molecule has 2 heterocycles. The number of nitrogens with zero attached hydrogens (tertiary/aromatic N) is 1. The Labute approximate surface area is 124 Å². The van der Waals surface area contributed by atoms with Gasteiger partial charge in [-0.05, 0) is 22.4 Å². The predicted molar refractivity (Wildman–Crippen MR) is 83.6 cm³/mol. The summed E-state index contributed by atoms with van der Waals surface area (Å²) in [4.78, 5) is 7.98. The summed E-state index contributed by atoms with van der Waals surface area (Å²) in [6, 6.07) is 0. The van der Waals surface area contributed by atoms with Crippen LogP contribution < -0.4 is 0 Å². The van der Waals surface area contributed by atoms with Crippen molar-refractivity contribution >= 4 is 51.7 Å². The molecule has 1 fully saturated rings. The number of thioether (sulfide) groups is 2. The molecular weight excluding hydrogens is 336 g/mol. The van der Waals surface area contributed by atoms with Crippen molar-refractivity contribution in [3.63, 3.8) is 0 Å². The van der Waals surface area contributed by atoms with Crippen LogP contribution in [0.3, 0.4) is 0 Å². The molecule has 0 saturated carbocycles. The highest BCUT2D eigenvalue weighted by Gasteiger charge is 2.26. The lowest BCUT2D eigenvalue weighted by atomic mass is 10.2. The van der Waals surface area contributed by atoms with E-state index in [0.29, 0.717) is 15.1 Å². The van der Waals surface area contributed by atoms with Crippen LogP contribution in [0.1, 0.15) is 30.6 Å². The van der Waals surface area contributed by atoms with Gasteiger partial charge in [-0.2, -0.15) is 11.8 Å². The van der Waals surface area contributed by atoms with Crippen LogP contribution in [0.15, 0.2) is 4.47 Å². The quantitative estimate of drug-likeness (QED) is 0.801. The molecule has 1 aliphatic rings. The van der Waals surface area contributed by atoms with Gasteiger partial charge in [-0.25, -0.2) is 4.98 Å². The van der Waals surface area contributed by atoms with Crippen molar-refractivity contribution in [1.29, 1.82) is 0 Å². The van der Waals surface area contributed by atoms with E-state index in [9.17, 15) is 0 Å². The second-order valence-corrected chi connectivity index (χ2v) is 7.85. The molecule has 2 atom stereocenters. The lowest BCUT2D eigenvalue weighted by molar-refractivity contribution is 0.796. The van der Waals surface area contributed by atoms with E-state index in [1.807, 2.05) is 23.5 Å². The van der Waals surface area contributed by atoms with Gasteiger partial charge < -0.3 is 4.98 Å². The number of nitrogens with one attached hydrogen (secondary N) is 1. The summed E-state index contributed by atoms with van der Waals surface area (Å²) in [5.41, 5.74) is 1.16. The highest BCUT2D eigenvalue weighted by molar-refractivity contribution is 9.10. The minimum Gasteiger partial charge on any atom is -0.345 e. The number of aryl methyl sites for hydroxylation is 1. The van der Waals surface area contributed by atoms with Gasteiger partial charge in [-0.3, -0.25) is 0 Å². The van der Waals surface area contributed by atoms with Gasteiger partial charge in [-0.15, -0.1) is 11.8 Å². The van der Waals surface area contributed by atoms with Gasteiger partial charge in [0.15, 0.2) is 0 Å². The Morgan fingerprint density at radius 2 is 2.18 bits per heavy atom. The smallest absolute Gasteiger partial charge is 0.144 e. The molecule has 0 aliphatic carbocycles. The Morgan fingerprint density at radius 3 is 2.82 bits per heavy atom. The minimum absolute atomic E-state index is 0.439. The summed E-state index contributed by atoms with van der Waals surface area (Å²) in [7, 11) is 0. The molecule has 0 aromatic carbocycles. The Kier molecular flexibility index (Phi) is 4.97. The normalized spacial score (nSPS) is 24.9. The molecule has 1 aliphatic heterocycles. The highest BCUT2D eigenvalue weighted by atomic mass is 79.9. The van der Waals surface area contributed by atoms with Crippen LogP contribution in [0.25, 0.3) is 0 Å². The Hall–Kier alpha value is 0.480. The lowest BCUT2D eigenvalue weighted by Crippen LogP contribution is -2.19. The summed E-state index contributed by atoms with van der Waals surface area (Å²) in [5, 5.41) is 1.03. The molecule has 0 bridgehead atoms. The highest BCUT2D eigenvalue weighted by Crippen LogP contribution is 2.41. The Morgan fingerprint density at radius 1 is 1.47 bits per heavy atom. The number of rotatable bonds is 2. The number of aromatic nitrogens is 2. The molecule has 17 heavy (non-hydrogen) atoms. The number of hydrogen-bond donors (Lipinski definition) is 1. The van der Waals surface area contributed by atoms with E-state index in [0.717, 1.165) is 22.4 Å². The number of hydrogen-bond acceptors (Lipinski definition) is 4. The van der Waals surface area contributed by atoms with Crippen LogP contribution in [0, 0.1) is 4.64 Å². The average Bonchev–Trinajstić information content (AvgIpc) is 2.33. The maximum absolute atomic E-state index is 5.31. The second kappa shape index (κ2) is 6.08. The van der Waals surface area contributed by atoms with E-state index < -0.39 is 0 Å². The summed E-state index contributed by atoms with van der Waals surface area (Å²) in [6.45, 7) is 4.40. The third-order valence-corrected chi connectivity index (χ3v) is 7.28. The Bertz CT molecular complexity index is 461. The van der Waals surface area contributed by atoms with Crippen molar-refractivity contribution in [3.05, 3.63) is 20.6 Å². The number of H-pyrrole nitrogens is 1. The van der Waals surface area contributed by atoms with Crippen LogP contribution >= 0.6 is 51.7 Å². The van der Waals surface area contributed by atoms with Crippen molar-refractivity contribution in [3.8, 4) is 0 Å². The fraction of sp³-hybridized carbons (Fsp3) is 0.636. The zero-order chi connectivity index (χ0) is 12.4. The summed E-state index contributed by atoms with van der Waals surface area (Å²) in [5.74, 6) is 3.47. The van der Waals surface area contributed by atoms with E-state index in [4.69, 9.17) is 12.2 Å². The van der Waals surface area contributed by atoms with Crippen molar-refractivity contribution in [1.82, 2.24) is 9.97 Å². The van der Waals surface area contributed by atoms with Gasteiger partial charge in [0.25, 0.3) is 0 Å².